The number of amides is 1. The third-order valence-corrected chi connectivity index (χ3v) is 4.20. The molecule has 0 unspecified atom stereocenters. The van der Waals surface area contributed by atoms with E-state index in [2.05, 4.69) is 31.4 Å². The van der Waals surface area contributed by atoms with Crippen LogP contribution < -0.4 is 5.43 Å². The van der Waals surface area contributed by atoms with Crippen molar-refractivity contribution in [2.24, 2.45) is 5.10 Å². The summed E-state index contributed by atoms with van der Waals surface area (Å²) >= 11 is 3.14. The van der Waals surface area contributed by atoms with Crippen molar-refractivity contribution in [3.05, 3.63) is 73.9 Å². The van der Waals surface area contributed by atoms with Crippen molar-refractivity contribution in [3.8, 4) is 5.75 Å². The molecule has 136 valence electrons. The SMILES string of the molecule is Cc1cc(C(=O)NN=Cc2cc(Br)cc([N+](=O)[O-])c2O)c2ccccc2n1. The van der Waals surface area contributed by atoms with E-state index in [4.69, 9.17) is 0 Å². The first-order valence-corrected chi connectivity index (χ1v) is 8.53. The van der Waals surface area contributed by atoms with Gasteiger partial charge in [0.05, 0.1) is 22.2 Å². The summed E-state index contributed by atoms with van der Waals surface area (Å²) in [5.41, 5.74) is 3.77. The third-order valence-electron chi connectivity index (χ3n) is 3.74. The molecule has 0 aliphatic heterocycles. The van der Waals surface area contributed by atoms with Crippen LogP contribution in [0.3, 0.4) is 0 Å². The number of pyridine rings is 1. The summed E-state index contributed by atoms with van der Waals surface area (Å²) in [5, 5.41) is 25.4. The number of benzene rings is 2. The molecule has 0 fully saturated rings. The first-order chi connectivity index (χ1) is 12.9. The second-order valence-corrected chi connectivity index (χ2v) is 6.56. The maximum atomic E-state index is 12.5. The maximum Gasteiger partial charge on any atom is 0.312 e. The molecule has 0 bridgehead atoms. The molecule has 1 heterocycles. The lowest BCUT2D eigenvalue weighted by Gasteiger charge is -2.06. The molecule has 27 heavy (non-hydrogen) atoms. The highest BCUT2D eigenvalue weighted by atomic mass is 79.9. The molecule has 0 saturated heterocycles. The number of para-hydroxylation sites is 1. The Morgan fingerprint density at radius 1 is 1.33 bits per heavy atom. The molecule has 8 nitrogen and oxygen atoms in total. The minimum atomic E-state index is -0.706. The molecule has 1 amide bonds. The number of halogens is 1. The molecular formula is C18H13BrN4O4. The Hall–Kier alpha value is -3.33. The Morgan fingerprint density at radius 2 is 2.07 bits per heavy atom. The quantitative estimate of drug-likeness (QED) is 0.373. The lowest BCUT2D eigenvalue weighted by molar-refractivity contribution is -0.385. The summed E-state index contributed by atoms with van der Waals surface area (Å²) in [7, 11) is 0. The molecule has 0 radical (unpaired) electrons. The number of nitro benzene ring substituents is 1. The Morgan fingerprint density at radius 3 is 2.81 bits per heavy atom. The molecule has 0 saturated carbocycles. The molecule has 3 rings (SSSR count). The van der Waals surface area contributed by atoms with Gasteiger partial charge in [0.25, 0.3) is 5.91 Å². The molecular weight excluding hydrogens is 416 g/mol. The number of hydrogen-bond acceptors (Lipinski definition) is 6. The zero-order valence-electron chi connectivity index (χ0n) is 14.0. The molecule has 0 spiro atoms. The Kier molecular flexibility index (Phi) is 5.13. The number of nitro groups is 1. The van der Waals surface area contributed by atoms with Crippen molar-refractivity contribution < 1.29 is 14.8 Å². The number of hydrogen-bond donors (Lipinski definition) is 2. The number of carbonyl (C=O) groups excluding carboxylic acids is 1. The van der Waals surface area contributed by atoms with Gasteiger partial charge in [-0.15, -0.1) is 0 Å². The van der Waals surface area contributed by atoms with E-state index in [9.17, 15) is 20.0 Å². The van der Waals surface area contributed by atoms with E-state index in [1.807, 2.05) is 6.07 Å². The number of nitrogens with zero attached hydrogens (tertiary/aromatic N) is 3. The number of fused-ring (bicyclic) bond motifs is 1. The van der Waals surface area contributed by atoms with Gasteiger partial charge in [0, 0.05) is 27.2 Å². The van der Waals surface area contributed by atoms with Crippen LogP contribution in [0.5, 0.6) is 5.75 Å². The zero-order chi connectivity index (χ0) is 19.6. The Bertz CT molecular complexity index is 1100. The number of aryl methyl sites for hydroxylation is 1. The predicted molar refractivity (Wildman–Crippen MR) is 104 cm³/mol. The van der Waals surface area contributed by atoms with Crippen molar-refractivity contribution in [2.75, 3.05) is 0 Å². The van der Waals surface area contributed by atoms with Crippen LogP contribution >= 0.6 is 15.9 Å². The van der Waals surface area contributed by atoms with Crippen LogP contribution in [0.2, 0.25) is 0 Å². The van der Waals surface area contributed by atoms with Crippen LogP contribution in [-0.2, 0) is 0 Å². The number of phenols is 1. The first-order valence-electron chi connectivity index (χ1n) is 7.73. The molecule has 2 aromatic carbocycles. The van der Waals surface area contributed by atoms with Gasteiger partial charge in [-0.2, -0.15) is 5.10 Å². The van der Waals surface area contributed by atoms with Crippen LogP contribution in [0.1, 0.15) is 21.6 Å². The number of aromatic hydroxyl groups is 1. The van der Waals surface area contributed by atoms with Crippen LogP contribution in [0.4, 0.5) is 5.69 Å². The topological polar surface area (TPSA) is 118 Å². The van der Waals surface area contributed by atoms with E-state index in [-0.39, 0.29) is 5.56 Å². The monoisotopic (exact) mass is 428 g/mol. The van der Waals surface area contributed by atoms with E-state index in [1.165, 1.54) is 12.1 Å². The standard InChI is InChI=1S/C18H13BrN4O4/c1-10-6-14(13-4-2-3-5-15(13)21-10)18(25)22-20-9-11-7-12(19)8-16(17(11)24)23(26)27/h2-9,24H,1H3,(H,22,25). The van der Waals surface area contributed by atoms with Crippen LogP contribution in [0.25, 0.3) is 10.9 Å². The van der Waals surface area contributed by atoms with Crippen molar-refractivity contribution in [1.29, 1.82) is 0 Å². The van der Waals surface area contributed by atoms with Gasteiger partial charge in [-0.25, -0.2) is 5.43 Å². The van der Waals surface area contributed by atoms with Crippen LogP contribution in [0.15, 0.2) is 52.0 Å². The Labute approximate surface area is 161 Å². The number of carbonyl (C=O) groups is 1. The van der Waals surface area contributed by atoms with Gasteiger partial charge < -0.3 is 5.11 Å². The Balaban J connectivity index is 1.88. The third kappa shape index (κ3) is 3.93. The largest absolute Gasteiger partial charge is 0.502 e. The van der Waals surface area contributed by atoms with Crippen LogP contribution in [-0.4, -0.2) is 27.1 Å². The fourth-order valence-electron chi connectivity index (χ4n) is 2.56. The maximum absolute atomic E-state index is 12.5. The number of nitrogens with one attached hydrogen (secondary N) is 1. The molecule has 0 aliphatic carbocycles. The van der Waals surface area contributed by atoms with Crippen molar-refractivity contribution in [2.45, 2.75) is 6.92 Å². The minimum absolute atomic E-state index is 0.0899. The van der Waals surface area contributed by atoms with E-state index in [0.717, 1.165) is 6.21 Å². The highest BCUT2D eigenvalue weighted by molar-refractivity contribution is 9.10. The van der Waals surface area contributed by atoms with Gasteiger partial charge in [-0.1, -0.05) is 34.1 Å². The molecule has 0 aliphatic rings. The van der Waals surface area contributed by atoms with Crippen molar-refractivity contribution in [1.82, 2.24) is 10.4 Å². The summed E-state index contributed by atoms with van der Waals surface area (Å²) in [6.45, 7) is 1.78. The first kappa shape index (κ1) is 18.5. The smallest absolute Gasteiger partial charge is 0.312 e. The molecule has 1 aromatic heterocycles. The molecule has 0 atom stereocenters. The van der Waals surface area contributed by atoms with Gasteiger partial charge >= 0.3 is 5.69 Å². The highest BCUT2D eigenvalue weighted by Gasteiger charge is 2.18. The normalized spacial score (nSPS) is 11.0. The second-order valence-electron chi connectivity index (χ2n) is 5.65. The predicted octanol–water partition coefficient (Wildman–Crippen LogP) is 3.68. The van der Waals surface area contributed by atoms with Gasteiger partial charge in [0.1, 0.15) is 0 Å². The molecule has 2 N–H and O–H groups in total. The molecule has 3 aromatic rings. The van der Waals surface area contributed by atoms with E-state index >= 15 is 0 Å². The van der Waals surface area contributed by atoms with Crippen molar-refractivity contribution in [3.63, 3.8) is 0 Å². The fourth-order valence-corrected chi connectivity index (χ4v) is 3.02. The summed E-state index contributed by atoms with van der Waals surface area (Å²) in [4.78, 5) is 27.1. The van der Waals surface area contributed by atoms with E-state index in [1.54, 1.807) is 31.2 Å². The van der Waals surface area contributed by atoms with Gasteiger partial charge in [0.2, 0.25) is 5.75 Å². The minimum Gasteiger partial charge on any atom is -0.502 e. The average Bonchev–Trinajstić information content (AvgIpc) is 2.63. The summed E-state index contributed by atoms with van der Waals surface area (Å²) in [6.07, 6.45) is 1.14. The van der Waals surface area contributed by atoms with E-state index in [0.29, 0.717) is 26.6 Å². The van der Waals surface area contributed by atoms with E-state index < -0.39 is 22.3 Å². The summed E-state index contributed by atoms with van der Waals surface area (Å²) in [5.74, 6) is -0.997. The second kappa shape index (κ2) is 7.50. The van der Waals surface area contributed by atoms with Crippen molar-refractivity contribution >= 4 is 44.6 Å². The van der Waals surface area contributed by atoms with Gasteiger partial charge in [-0.05, 0) is 25.1 Å². The van der Waals surface area contributed by atoms with Gasteiger partial charge in [0.15, 0.2) is 0 Å². The molecule has 9 heteroatoms. The van der Waals surface area contributed by atoms with Crippen LogP contribution in [0, 0.1) is 17.0 Å². The lowest BCUT2D eigenvalue weighted by atomic mass is 10.1. The lowest BCUT2D eigenvalue weighted by Crippen LogP contribution is -2.18. The summed E-state index contributed by atoms with van der Waals surface area (Å²) in [6, 6.07) is 11.5. The number of aromatic nitrogens is 1. The number of phenolic OH excluding ortho intramolecular Hbond substituents is 1. The number of rotatable bonds is 4. The number of hydrazone groups is 1. The highest BCUT2D eigenvalue weighted by Crippen LogP contribution is 2.32. The van der Waals surface area contributed by atoms with Gasteiger partial charge in [-0.3, -0.25) is 19.9 Å². The zero-order valence-corrected chi connectivity index (χ0v) is 15.6. The average molecular weight is 429 g/mol. The fraction of sp³-hybridized carbons (Fsp3) is 0.0556. The summed E-state index contributed by atoms with van der Waals surface area (Å²) < 4.78 is 0.399.